The third-order valence-electron chi connectivity index (χ3n) is 11.4. The maximum absolute atomic E-state index is 2.51. The van der Waals surface area contributed by atoms with Gasteiger partial charge in [0.15, 0.2) is 0 Å². The number of rotatable bonds is 4. The van der Waals surface area contributed by atoms with Crippen molar-refractivity contribution in [3.8, 4) is 55.6 Å². The first-order valence-corrected chi connectivity index (χ1v) is 17.8. The fourth-order valence-electron chi connectivity index (χ4n) is 9.19. The normalized spacial score (nSPS) is 13.3. The van der Waals surface area contributed by atoms with Crippen LogP contribution in [0.25, 0.3) is 77.2 Å². The molecule has 236 valence electrons. The highest BCUT2D eigenvalue weighted by Gasteiger charge is 2.51. The van der Waals surface area contributed by atoms with Crippen molar-refractivity contribution in [2.75, 3.05) is 0 Å². The van der Waals surface area contributed by atoms with E-state index in [9.17, 15) is 0 Å². The van der Waals surface area contributed by atoms with E-state index in [1.807, 2.05) is 0 Å². The molecule has 0 saturated carbocycles. The molecule has 0 heterocycles. The van der Waals surface area contributed by atoms with Crippen molar-refractivity contribution < 1.29 is 0 Å². The van der Waals surface area contributed by atoms with Crippen molar-refractivity contribution in [3.63, 3.8) is 0 Å². The molecule has 0 unspecified atom stereocenters. The number of fused-ring (bicyclic) bond motifs is 7. The Balaban J connectivity index is 1.16. The Labute approximate surface area is 297 Å². The van der Waals surface area contributed by atoms with Crippen molar-refractivity contribution in [1.82, 2.24) is 0 Å². The van der Waals surface area contributed by atoms with Gasteiger partial charge in [-0.2, -0.15) is 0 Å². The van der Waals surface area contributed by atoms with E-state index in [1.165, 1.54) is 99.4 Å². The lowest BCUT2D eigenvalue weighted by atomic mass is 9.69. The predicted octanol–water partition coefficient (Wildman–Crippen LogP) is 13.3. The summed E-state index contributed by atoms with van der Waals surface area (Å²) >= 11 is 0. The second-order valence-electron chi connectivity index (χ2n) is 14.0. The standard InChI is InChI=1S/C51H32/c1-3-11-33(12-4-1)35-19-23-37(24-20-35)41-29-39-27-28-40-30-42(38-25-21-36(22-26-38)34-13-5-2-6-14-34)32-48-50(40)49(39)47(31-41)51(48)45-17-9-7-15-43(45)44-16-8-10-18-46(44)51/h1-32H. The lowest BCUT2D eigenvalue weighted by molar-refractivity contribution is 0.797. The molecule has 51 heavy (non-hydrogen) atoms. The van der Waals surface area contributed by atoms with E-state index >= 15 is 0 Å². The quantitative estimate of drug-likeness (QED) is 0.167. The molecule has 0 saturated heterocycles. The molecule has 9 aromatic rings. The molecule has 2 aliphatic carbocycles. The van der Waals surface area contributed by atoms with Crippen LogP contribution in [0.5, 0.6) is 0 Å². The molecule has 0 aromatic heterocycles. The molecular weight excluding hydrogens is 613 g/mol. The number of hydrogen-bond acceptors (Lipinski definition) is 0. The summed E-state index contributed by atoms with van der Waals surface area (Å²) in [4.78, 5) is 0. The van der Waals surface area contributed by atoms with E-state index < -0.39 is 5.41 Å². The second-order valence-corrected chi connectivity index (χ2v) is 14.0. The van der Waals surface area contributed by atoms with Gasteiger partial charge < -0.3 is 0 Å². The lowest BCUT2D eigenvalue weighted by Crippen LogP contribution is -2.26. The molecule has 0 atom stereocenters. The molecule has 0 N–H and O–H groups in total. The third-order valence-corrected chi connectivity index (χ3v) is 11.4. The molecular formula is C51H32. The zero-order valence-electron chi connectivity index (χ0n) is 28.0. The molecule has 0 bridgehead atoms. The van der Waals surface area contributed by atoms with Crippen LogP contribution in [-0.2, 0) is 5.41 Å². The summed E-state index contributed by atoms with van der Waals surface area (Å²) in [5, 5.41) is 5.35. The van der Waals surface area contributed by atoms with Crippen molar-refractivity contribution in [2.24, 2.45) is 0 Å². The van der Waals surface area contributed by atoms with Crippen LogP contribution in [0.3, 0.4) is 0 Å². The van der Waals surface area contributed by atoms with Crippen LogP contribution in [-0.4, -0.2) is 0 Å². The Bertz CT molecular complexity index is 2610. The van der Waals surface area contributed by atoms with Gasteiger partial charge in [-0.15, -0.1) is 0 Å². The van der Waals surface area contributed by atoms with Crippen LogP contribution < -0.4 is 0 Å². The molecule has 11 rings (SSSR count). The number of hydrogen-bond donors (Lipinski definition) is 0. The third kappa shape index (κ3) is 4.02. The summed E-state index contributed by atoms with van der Waals surface area (Å²) in [6.45, 7) is 0. The Morgan fingerprint density at radius 1 is 0.235 bits per heavy atom. The molecule has 0 aliphatic heterocycles. The van der Waals surface area contributed by atoms with Crippen molar-refractivity contribution in [2.45, 2.75) is 5.41 Å². The highest BCUT2D eigenvalue weighted by molar-refractivity contribution is 6.19. The molecule has 0 heteroatoms. The smallest absolute Gasteiger partial charge is 0.0622 e. The van der Waals surface area contributed by atoms with Gasteiger partial charge in [-0.3, -0.25) is 0 Å². The predicted molar refractivity (Wildman–Crippen MR) is 214 cm³/mol. The van der Waals surface area contributed by atoms with Gasteiger partial charge in [-0.1, -0.05) is 170 Å². The van der Waals surface area contributed by atoms with Gasteiger partial charge in [-0.25, -0.2) is 0 Å². The molecule has 0 fully saturated rings. The van der Waals surface area contributed by atoms with Gasteiger partial charge in [0.05, 0.1) is 5.41 Å². The van der Waals surface area contributed by atoms with Crippen LogP contribution in [0, 0.1) is 0 Å². The first kappa shape index (κ1) is 28.3. The minimum absolute atomic E-state index is 0.423. The Morgan fingerprint density at radius 2 is 0.569 bits per heavy atom. The van der Waals surface area contributed by atoms with Crippen LogP contribution in [0.4, 0.5) is 0 Å². The van der Waals surface area contributed by atoms with E-state index in [4.69, 9.17) is 0 Å². The summed E-state index contributed by atoms with van der Waals surface area (Å²) < 4.78 is 0. The number of benzene rings is 9. The average molecular weight is 645 g/mol. The zero-order valence-corrected chi connectivity index (χ0v) is 28.0. The van der Waals surface area contributed by atoms with Crippen molar-refractivity contribution in [3.05, 3.63) is 216 Å². The topological polar surface area (TPSA) is 0 Å². The van der Waals surface area contributed by atoms with Crippen molar-refractivity contribution >= 4 is 21.5 Å². The lowest BCUT2D eigenvalue weighted by Gasteiger charge is -2.31. The first-order valence-electron chi connectivity index (χ1n) is 17.8. The molecule has 2 aliphatic rings. The van der Waals surface area contributed by atoms with Crippen LogP contribution in [0.2, 0.25) is 0 Å². The second kappa shape index (κ2) is 10.7. The van der Waals surface area contributed by atoms with Gasteiger partial charge in [-0.05, 0) is 124 Å². The first-order chi connectivity index (χ1) is 25.3. The highest BCUT2D eigenvalue weighted by atomic mass is 14.5. The zero-order chi connectivity index (χ0) is 33.5. The summed E-state index contributed by atoms with van der Waals surface area (Å²) in [5.41, 5.74) is 17.7. The fourth-order valence-corrected chi connectivity index (χ4v) is 9.19. The maximum atomic E-state index is 2.51. The van der Waals surface area contributed by atoms with E-state index in [0.717, 1.165) is 0 Å². The van der Waals surface area contributed by atoms with E-state index in [0.29, 0.717) is 0 Å². The van der Waals surface area contributed by atoms with Gasteiger partial charge in [0.25, 0.3) is 0 Å². The van der Waals surface area contributed by atoms with Crippen molar-refractivity contribution in [1.29, 1.82) is 0 Å². The molecule has 0 radical (unpaired) electrons. The van der Waals surface area contributed by atoms with Crippen LogP contribution >= 0.6 is 0 Å². The minimum atomic E-state index is -0.423. The maximum Gasteiger partial charge on any atom is 0.0726 e. The largest absolute Gasteiger partial charge is 0.0726 e. The van der Waals surface area contributed by atoms with Gasteiger partial charge >= 0.3 is 0 Å². The summed E-state index contributed by atoms with van der Waals surface area (Å²) in [5.74, 6) is 0. The Hall–Kier alpha value is -6.50. The van der Waals surface area contributed by atoms with E-state index in [2.05, 4.69) is 194 Å². The Morgan fingerprint density at radius 3 is 0.980 bits per heavy atom. The highest BCUT2D eigenvalue weighted by Crippen LogP contribution is 2.63. The Kier molecular flexibility index (Phi) is 5.97. The average Bonchev–Trinajstić information content (AvgIpc) is 3.68. The van der Waals surface area contributed by atoms with Gasteiger partial charge in [0.1, 0.15) is 0 Å². The summed E-state index contributed by atoms with van der Waals surface area (Å²) in [6.07, 6.45) is 0. The minimum Gasteiger partial charge on any atom is -0.0622 e. The molecule has 1 spiro atoms. The summed E-state index contributed by atoms with van der Waals surface area (Å²) in [6, 6.07) is 72.2. The van der Waals surface area contributed by atoms with Gasteiger partial charge in [0, 0.05) is 0 Å². The van der Waals surface area contributed by atoms with E-state index in [1.54, 1.807) is 0 Å². The molecule has 9 aromatic carbocycles. The van der Waals surface area contributed by atoms with Crippen LogP contribution in [0.15, 0.2) is 194 Å². The van der Waals surface area contributed by atoms with Crippen LogP contribution in [0.1, 0.15) is 22.3 Å². The SMILES string of the molecule is c1ccc(-c2ccc(-c3cc4c5c(ccc6cc(-c7ccc(-c8ccccc8)cc7)cc(c65)C45c4ccccc4-c4ccccc45)c3)cc2)cc1. The molecule has 0 nitrogen and oxygen atoms in total. The fraction of sp³-hybridized carbons (Fsp3) is 0.0196. The molecule has 0 amide bonds. The van der Waals surface area contributed by atoms with Gasteiger partial charge in [0.2, 0.25) is 0 Å². The monoisotopic (exact) mass is 644 g/mol. The summed E-state index contributed by atoms with van der Waals surface area (Å²) in [7, 11) is 0. The van der Waals surface area contributed by atoms with E-state index in [-0.39, 0.29) is 0 Å².